The molecule has 8 heteroatoms. The normalized spacial score (nSPS) is 11.0. The predicted molar refractivity (Wildman–Crippen MR) is 112 cm³/mol. The van der Waals surface area contributed by atoms with Gasteiger partial charge in [-0.2, -0.15) is 0 Å². The van der Waals surface area contributed by atoms with Crippen molar-refractivity contribution in [3.8, 4) is 0 Å². The molecule has 0 saturated carbocycles. The maximum Gasteiger partial charge on any atom is 0.194 e. The van der Waals surface area contributed by atoms with Crippen molar-refractivity contribution < 1.29 is 4.79 Å². The lowest BCUT2D eigenvalue weighted by Gasteiger charge is -2.09. The van der Waals surface area contributed by atoms with Gasteiger partial charge < -0.3 is 9.29 Å². The average molecular weight is 410 g/mol. The van der Waals surface area contributed by atoms with E-state index in [1.165, 1.54) is 18.3 Å². The van der Waals surface area contributed by atoms with Gasteiger partial charge in [0.25, 0.3) is 0 Å². The molecule has 0 atom stereocenters. The Bertz CT molecular complexity index is 1190. The SMILES string of the molecule is Cc1ccccc1C(=O)c1ccc(SNc2ncnc3ncn(C)c23)cc1Cl. The number of aromatic nitrogens is 4. The van der Waals surface area contributed by atoms with E-state index in [1.807, 2.05) is 48.9 Å². The third kappa shape index (κ3) is 3.46. The Morgan fingerprint density at radius 3 is 2.71 bits per heavy atom. The molecule has 0 bridgehead atoms. The van der Waals surface area contributed by atoms with Crippen LogP contribution in [-0.2, 0) is 7.05 Å². The number of aryl methyl sites for hydroxylation is 2. The van der Waals surface area contributed by atoms with Crippen LogP contribution in [0, 0.1) is 6.92 Å². The van der Waals surface area contributed by atoms with Gasteiger partial charge in [-0.1, -0.05) is 35.9 Å². The average Bonchev–Trinajstić information content (AvgIpc) is 3.08. The molecule has 0 spiro atoms. The first-order valence-corrected chi connectivity index (χ1v) is 9.69. The number of rotatable bonds is 5. The second-order valence-electron chi connectivity index (χ2n) is 6.24. The molecule has 2 heterocycles. The smallest absolute Gasteiger partial charge is 0.194 e. The summed E-state index contributed by atoms with van der Waals surface area (Å²) >= 11 is 7.77. The quantitative estimate of drug-likeness (QED) is 0.381. The molecule has 28 heavy (non-hydrogen) atoms. The van der Waals surface area contributed by atoms with Crippen LogP contribution in [0.1, 0.15) is 21.5 Å². The van der Waals surface area contributed by atoms with Crippen molar-refractivity contribution in [2.75, 3.05) is 4.72 Å². The monoisotopic (exact) mass is 409 g/mol. The summed E-state index contributed by atoms with van der Waals surface area (Å²) in [6.07, 6.45) is 3.16. The Morgan fingerprint density at radius 2 is 1.93 bits per heavy atom. The maximum absolute atomic E-state index is 12.8. The van der Waals surface area contributed by atoms with E-state index in [2.05, 4.69) is 19.7 Å². The zero-order chi connectivity index (χ0) is 19.7. The highest BCUT2D eigenvalue weighted by Crippen LogP contribution is 2.29. The van der Waals surface area contributed by atoms with Crippen LogP contribution in [0.2, 0.25) is 5.02 Å². The lowest BCUT2D eigenvalue weighted by molar-refractivity contribution is 0.103. The zero-order valence-corrected chi connectivity index (χ0v) is 16.8. The summed E-state index contributed by atoms with van der Waals surface area (Å²) in [5.74, 6) is 0.575. The molecule has 0 saturated heterocycles. The first-order chi connectivity index (χ1) is 13.5. The fourth-order valence-corrected chi connectivity index (χ4v) is 3.89. The van der Waals surface area contributed by atoms with E-state index in [0.29, 0.717) is 27.6 Å². The van der Waals surface area contributed by atoms with Gasteiger partial charge in [-0.05, 0) is 42.6 Å². The number of hydrogen-bond acceptors (Lipinski definition) is 6. The lowest BCUT2D eigenvalue weighted by Crippen LogP contribution is -2.04. The van der Waals surface area contributed by atoms with E-state index < -0.39 is 0 Å². The minimum absolute atomic E-state index is 0.0833. The molecule has 0 radical (unpaired) electrons. The molecule has 0 aliphatic rings. The first kappa shape index (κ1) is 18.5. The number of hydrogen-bond donors (Lipinski definition) is 1. The van der Waals surface area contributed by atoms with Crippen molar-refractivity contribution in [3.63, 3.8) is 0 Å². The number of benzene rings is 2. The molecule has 2 aromatic heterocycles. The second kappa shape index (κ2) is 7.61. The topological polar surface area (TPSA) is 72.7 Å². The molecule has 140 valence electrons. The Balaban J connectivity index is 1.56. The fourth-order valence-electron chi connectivity index (χ4n) is 2.89. The van der Waals surface area contributed by atoms with E-state index in [9.17, 15) is 4.79 Å². The van der Waals surface area contributed by atoms with Crippen molar-refractivity contribution in [2.45, 2.75) is 11.8 Å². The van der Waals surface area contributed by atoms with E-state index >= 15 is 0 Å². The van der Waals surface area contributed by atoms with Gasteiger partial charge in [0.1, 0.15) is 11.8 Å². The van der Waals surface area contributed by atoms with Gasteiger partial charge in [-0.3, -0.25) is 4.79 Å². The third-order valence-corrected chi connectivity index (χ3v) is 5.45. The Morgan fingerprint density at radius 1 is 1.11 bits per heavy atom. The summed E-state index contributed by atoms with van der Waals surface area (Å²) in [7, 11) is 1.89. The molecular weight excluding hydrogens is 394 g/mol. The van der Waals surface area contributed by atoms with Gasteiger partial charge in [0.15, 0.2) is 17.2 Å². The summed E-state index contributed by atoms with van der Waals surface area (Å²) in [5, 5.41) is 0.411. The third-order valence-electron chi connectivity index (χ3n) is 4.35. The van der Waals surface area contributed by atoms with Gasteiger partial charge in [-0.25, -0.2) is 15.0 Å². The molecule has 4 aromatic rings. The number of nitrogens with zero attached hydrogens (tertiary/aromatic N) is 4. The summed E-state index contributed by atoms with van der Waals surface area (Å²) in [4.78, 5) is 26.3. The molecule has 0 unspecified atom stereocenters. The molecule has 0 fully saturated rings. The Labute approximate surface area is 171 Å². The number of carbonyl (C=O) groups is 1. The van der Waals surface area contributed by atoms with Crippen molar-refractivity contribution in [2.24, 2.45) is 7.05 Å². The Kier molecular flexibility index (Phi) is 5.02. The molecule has 6 nitrogen and oxygen atoms in total. The predicted octanol–water partition coefficient (Wildman–Crippen LogP) is 4.68. The van der Waals surface area contributed by atoms with Crippen molar-refractivity contribution in [1.82, 2.24) is 19.5 Å². The van der Waals surface area contributed by atoms with E-state index in [4.69, 9.17) is 11.6 Å². The Hall–Kier alpha value is -2.90. The zero-order valence-electron chi connectivity index (χ0n) is 15.2. The van der Waals surface area contributed by atoms with E-state index in [-0.39, 0.29) is 5.78 Å². The fraction of sp³-hybridized carbons (Fsp3) is 0.100. The van der Waals surface area contributed by atoms with Crippen LogP contribution in [-0.4, -0.2) is 25.3 Å². The van der Waals surface area contributed by atoms with Crippen molar-refractivity contribution >= 4 is 46.3 Å². The number of fused-ring (bicyclic) bond motifs is 1. The summed E-state index contributed by atoms with van der Waals surface area (Å²) in [5.41, 5.74) is 3.50. The van der Waals surface area contributed by atoms with E-state index in [1.54, 1.807) is 18.5 Å². The van der Waals surface area contributed by atoms with Gasteiger partial charge in [0.05, 0.1) is 11.3 Å². The van der Waals surface area contributed by atoms with Gasteiger partial charge in [0.2, 0.25) is 0 Å². The van der Waals surface area contributed by atoms with Gasteiger partial charge in [-0.15, -0.1) is 0 Å². The summed E-state index contributed by atoms with van der Waals surface area (Å²) in [6.45, 7) is 1.91. The standard InChI is InChI=1S/C20H16ClN5OS/c1-12-5-3-4-6-14(12)18(27)15-8-7-13(9-16(15)21)28-25-20-17-19(22-10-23-20)24-11-26(17)2/h3-11H,1-2H3,(H,22,23,25). The number of anilines is 1. The largest absolute Gasteiger partial charge is 0.329 e. The van der Waals surface area contributed by atoms with Crippen LogP contribution >= 0.6 is 23.5 Å². The molecule has 0 aliphatic heterocycles. The molecular formula is C20H16ClN5OS. The number of ketones is 1. The van der Waals surface area contributed by atoms with Crippen LogP contribution in [0.4, 0.5) is 5.82 Å². The van der Waals surface area contributed by atoms with Crippen molar-refractivity contribution in [1.29, 1.82) is 0 Å². The molecule has 0 aliphatic carbocycles. The first-order valence-electron chi connectivity index (χ1n) is 8.49. The van der Waals surface area contributed by atoms with Gasteiger partial charge >= 0.3 is 0 Å². The number of halogens is 1. The molecule has 4 rings (SSSR count). The van der Waals surface area contributed by atoms with E-state index in [0.717, 1.165) is 16.0 Å². The minimum atomic E-state index is -0.0833. The van der Waals surface area contributed by atoms with Crippen LogP contribution in [0.5, 0.6) is 0 Å². The second-order valence-corrected chi connectivity index (χ2v) is 7.53. The maximum atomic E-state index is 12.8. The molecule has 1 N–H and O–H groups in total. The molecule has 0 amide bonds. The van der Waals surface area contributed by atoms with Crippen LogP contribution < -0.4 is 4.72 Å². The van der Waals surface area contributed by atoms with Gasteiger partial charge in [0, 0.05) is 23.1 Å². The summed E-state index contributed by atoms with van der Waals surface area (Å²) < 4.78 is 5.07. The van der Waals surface area contributed by atoms with Crippen LogP contribution in [0.3, 0.4) is 0 Å². The summed E-state index contributed by atoms with van der Waals surface area (Å²) in [6, 6.07) is 12.9. The minimum Gasteiger partial charge on any atom is -0.329 e. The number of imidazole rings is 1. The highest BCUT2D eigenvalue weighted by molar-refractivity contribution is 8.00. The van der Waals surface area contributed by atoms with Crippen molar-refractivity contribution in [3.05, 3.63) is 76.8 Å². The number of nitrogens with one attached hydrogen (secondary N) is 1. The number of carbonyl (C=O) groups excluding carboxylic acids is 1. The lowest BCUT2D eigenvalue weighted by atomic mass is 9.99. The van der Waals surface area contributed by atoms with Crippen LogP contribution in [0.25, 0.3) is 11.2 Å². The highest BCUT2D eigenvalue weighted by atomic mass is 35.5. The highest BCUT2D eigenvalue weighted by Gasteiger charge is 2.15. The van der Waals surface area contributed by atoms with Crippen LogP contribution in [0.15, 0.2) is 60.0 Å². The molecule has 2 aromatic carbocycles.